The Hall–Kier alpha value is -2.27. The zero-order valence-electron chi connectivity index (χ0n) is 11.1. The SMILES string of the molecule is Nc1cc(F)ccc1NC(=O)CCOc1cccc(Cl)c1. The zero-order chi connectivity index (χ0) is 15.2. The molecule has 110 valence electrons. The van der Waals surface area contributed by atoms with Gasteiger partial charge in [0.05, 0.1) is 24.4 Å². The van der Waals surface area contributed by atoms with Crippen LogP contribution in [-0.4, -0.2) is 12.5 Å². The molecule has 0 aromatic heterocycles. The maximum absolute atomic E-state index is 12.9. The lowest BCUT2D eigenvalue weighted by Gasteiger charge is -2.09. The van der Waals surface area contributed by atoms with Gasteiger partial charge < -0.3 is 15.8 Å². The Morgan fingerprint density at radius 1 is 1.29 bits per heavy atom. The van der Waals surface area contributed by atoms with E-state index in [-0.39, 0.29) is 24.6 Å². The van der Waals surface area contributed by atoms with Crippen LogP contribution in [0.5, 0.6) is 5.75 Å². The van der Waals surface area contributed by atoms with E-state index in [9.17, 15) is 9.18 Å². The Labute approximate surface area is 126 Å². The van der Waals surface area contributed by atoms with Crippen molar-refractivity contribution in [2.45, 2.75) is 6.42 Å². The summed E-state index contributed by atoms with van der Waals surface area (Å²) in [6.07, 6.45) is 0.142. The molecule has 0 spiro atoms. The van der Waals surface area contributed by atoms with Crippen molar-refractivity contribution >= 4 is 28.9 Å². The van der Waals surface area contributed by atoms with Crippen molar-refractivity contribution < 1.29 is 13.9 Å². The van der Waals surface area contributed by atoms with Gasteiger partial charge in [-0.15, -0.1) is 0 Å². The molecule has 0 saturated heterocycles. The number of hydrogen-bond donors (Lipinski definition) is 2. The average Bonchev–Trinajstić information content (AvgIpc) is 2.42. The highest BCUT2D eigenvalue weighted by Gasteiger charge is 2.06. The molecule has 0 aliphatic carbocycles. The van der Waals surface area contributed by atoms with Crippen molar-refractivity contribution in [2.75, 3.05) is 17.7 Å². The van der Waals surface area contributed by atoms with E-state index in [1.54, 1.807) is 24.3 Å². The van der Waals surface area contributed by atoms with Gasteiger partial charge in [0.25, 0.3) is 0 Å². The fourth-order valence-corrected chi connectivity index (χ4v) is 1.86. The second kappa shape index (κ2) is 6.95. The van der Waals surface area contributed by atoms with Gasteiger partial charge in [0, 0.05) is 5.02 Å². The number of nitrogen functional groups attached to an aromatic ring is 1. The van der Waals surface area contributed by atoms with E-state index in [1.807, 2.05) is 0 Å². The number of ether oxygens (including phenoxy) is 1. The third-order valence-electron chi connectivity index (χ3n) is 2.68. The van der Waals surface area contributed by atoms with E-state index >= 15 is 0 Å². The second-order valence-corrected chi connectivity index (χ2v) is 4.77. The van der Waals surface area contributed by atoms with Gasteiger partial charge in [0.2, 0.25) is 5.91 Å². The summed E-state index contributed by atoms with van der Waals surface area (Å²) in [5.74, 6) is -0.123. The van der Waals surface area contributed by atoms with Crippen LogP contribution in [0.1, 0.15) is 6.42 Å². The van der Waals surface area contributed by atoms with Gasteiger partial charge in [0.15, 0.2) is 0 Å². The molecule has 6 heteroatoms. The highest BCUT2D eigenvalue weighted by atomic mass is 35.5. The van der Waals surface area contributed by atoms with Gasteiger partial charge >= 0.3 is 0 Å². The quantitative estimate of drug-likeness (QED) is 0.831. The van der Waals surface area contributed by atoms with Crippen molar-refractivity contribution in [1.29, 1.82) is 0 Å². The molecule has 0 fully saturated rings. The molecule has 2 aromatic rings. The number of benzene rings is 2. The molecule has 2 aromatic carbocycles. The Bertz CT molecular complexity index is 649. The van der Waals surface area contributed by atoms with Crippen LogP contribution in [0.15, 0.2) is 42.5 Å². The Morgan fingerprint density at radius 2 is 2.10 bits per heavy atom. The molecule has 0 heterocycles. The molecule has 1 amide bonds. The summed E-state index contributed by atoms with van der Waals surface area (Å²) in [5, 5.41) is 3.16. The van der Waals surface area contributed by atoms with E-state index < -0.39 is 5.82 Å². The predicted octanol–water partition coefficient (Wildman–Crippen LogP) is 3.47. The van der Waals surface area contributed by atoms with Crippen LogP contribution >= 0.6 is 11.6 Å². The maximum Gasteiger partial charge on any atom is 0.227 e. The number of rotatable bonds is 5. The minimum absolute atomic E-state index is 0.142. The maximum atomic E-state index is 12.9. The lowest BCUT2D eigenvalue weighted by Crippen LogP contribution is -2.16. The lowest BCUT2D eigenvalue weighted by atomic mass is 10.2. The van der Waals surface area contributed by atoms with Crippen molar-refractivity contribution in [1.82, 2.24) is 0 Å². The Kier molecular flexibility index (Phi) is 5.00. The minimum Gasteiger partial charge on any atom is -0.493 e. The average molecular weight is 309 g/mol. The number of halogens is 2. The van der Waals surface area contributed by atoms with Gasteiger partial charge in [-0.1, -0.05) is 17.7 Å². The number of nitrogens with one attached hydrogen (secondary N) is 1. The van der Waals surface area contributed by atoms with E-state index in [4.69, 9.17) is 22.1 Å². The number of amides is 1. The largest absolute Gasteiger partial charge is 0.493 e. The summed E-state index contributed by atoms with van der Waals surface area (Å²) in [5.41, 5.74) is 6.16. The molecule has 0 atom stereocenters. The van der Waals surface area contributed by atoms with Crippen LogP contribution in [0, 0.1) is 5.82 Å². The molecule has 0 bridgehead atoms. The molecule has 3 N–H and O–H groups in total. The van der Waals surface area contributed by atoms with Crippen LogP contribution in [0.3, 0.4) is 0 Å². The summed E-state index contributed by atoms with van der Waals surface area (Å²) < 4.78 is 18.3. The van der Waals surface area contributed by atoms with Gasteiger partial charge in [-0.2, -0.15) is 0 Å². The monoisotopic (exact) mass is 308 g/mol. The highest BCUT2D eigenvalue weighted by Crippen LogP contribution is 2.20. The number of carbonyl (C=O) groups is 1. The Morgan fingerprint density at radius 3 is 2.81 bits per heavy atom. The topological polar surface area (TPSA) is 64.3 Å². The van der Waals surface area contributed by atoms with Crippen molar-refractivity contribution in [3.63, 3.8) is 0 Å². The fourth-order valence-electron chi connectivity index (χ4n) is 1.68. The third-order valence-corrected chi connectivity index (χ3v) is 2.92. The van der Waals surface area contributed by atoms with Crippen LogP contribution < -0.4 is 15.8 Å². The predicted molar refractivity (Wildman–Crippen MR) is 81.0 cm³/mol. The third kappa shape index (κ3) is 4.65. The summed E-state index contributed by atoms with van der Waals surface area (Å²) >= 11 is 5.82. The van der Waals surface area contributed by atoms with E-state index in [0.717, 1.165) is 6.07 Å². The fraction of sp³-hybridized carbons (Fsp3) is 0.133. The van der Waals surface area contributed by atoms with Gasteiger partial charge in [-0.05, 0) is 36.4 Å². The van der Waals surface area contributed by atoms with Gasteiger partial charge in [-0.3, -0.25) is 4.79 Å². The molecule has 2 rings (SSSR count). The minimum atomic E-state index is -0.449. The second-order valence-electron chi connectivity index (χ2n) is 4.34. The van der Waals surface area contributed by atoms with Crippen LogP contribution in [0.2, 0.25) is 5.02 Å². The summed E-state index contributed by atoms with van der Waals surface area (Å²) in [6, 6.07) is 10.7. The zero-order valence-corrected chi connectivity index (χ0v) is 11.9. The van der Waals surface area contributed by atoms with Crippen molar-refractivity contribution in [3.8, 4) is 5.75 Å². The van der Waals surface area contributed by atoms with Crippen LogP contribution in [0.25, 0.3) is 0 Å². The first-order chi connectivity index (χ1) is 10.0. The summed E-state index contributed by atoms with van der Waals surface area (Å²) in [4.78, 5) is 11.7. The number of nitrogens with two attached hydrogens (primary N) is 1. The molecule has 0 unspecified atom stereocenters. The van der Waals surface area contributed by atoms with E-state index in [1.165, 1.54) is 12.1 Å². The summed E-state index contributed by atoms with van der Waals surface area (Å²) in [6.45, 7) is 0.202. The standard InChI is InChI=1S/C15H14ClFN2O2/c16-10-2-1-3-12(8-10)21-7-6-15(20)19-14-5-4-11(17)9-13(14)18/h1-5,8-9H,6-7,18H2,(H,19,20). The molecular formula is C15H14ClFN2O2. The van der Waals surface area contributed by atoms with Crippen LogP contribution in [0.4, 0.5) is 15.8 Å². The number of anilines is 2. The normalized spacial score (nSPS) is 10.2. The highest BCUT2D eigenvalue weighted by molar-refractivity contribution is 6.30. The molecule has 4 nitrogen and oxygen atoms in total. The molecule has 0 aliphatic heterocycles. The Balaban J connectivity index is 1.82. The molecule has 0 aliphatic rings. The van der Waals surface area contributed by atoms with E-state index in [0.29, 0.717) is 16.5 Å². The summed E-state index contributed by atoms with van der Waals surface area (Å²) in [7, 11) is 0. The first-order valence-electron chi connectivity index (χ1n) is 6.28. The smallest absolute Gasteiger partial charge is 0.227 e. The lowest BCUT2D eigenvalue weighted by molar-refractivity contribution is -0.116. The van der Waals surface area contributed by atoms with Crippen molar-refractivity contribution in [2.24, 2.45) is 0 Å². The van der Waals surface area contributed by atoms with Crippen LogP contribution in [-0.2, 0) is 4.79 Å². The number of hydrogen-bond acceptors (Lipinski definition) is 3. The number of carbonyl (C=O) groups excluding carboxylic acids is 1. The first-order valence-corrected chi connectivity index (χ1v) is 6.65. The van der Waals surface area contributed by atoms with E-state index in [2.05, 4.69) is 5.32 Å². The molecule has 21 heavy (non-hydrogen) atoms. The molecule has 0 saturated carbocycles. The van der Waals surface area contributed by atoms with Gasteiger partial charge in [0.1, 0.15) is 11.6 Å². The first kappa shape index (κ1) is 15.1. The van der Waals surface area contributed by atoms with Crippen molar-refractivity contribution in [3.05, 3.63) is 53.3 Å². The molecular weight excluding hydrogens is 295 g/mol. The molecule has 0 radical (unpaired) electrons. The van der Waals surface area contributed by atoms with Gasteiger partial charge in [-0.25, -0.2) is 4.39 Å².